The third kappa shape index (κ3) is 5.86. The molecular formula is C23H28N4O2S. The van der Waals surface area contributed by atoms with Gasteiger partial charge in [0.2, 0.25) is 5.91 Å². The summed E-state index contributed by atoms with van der Waals surface area (Å²) in [5, 5.41) is 12.3. The molecular weight excluding hydrogens is 396 g/mol. The van der Waals surface area contributed by atoms with E-state index in [9.17, 15) is 4.79 Å². The average molecular weight is 425 g/mol. The molecule has 158 valence electrons. The second kappa shape index (κ2) is 10.3. The number of carbonyl (C=O) groups excluding carboxylic acids is 1. The van der Waals surface area contributed by atoms with Crippen LogP contribution in [0.25, 0.3) is 0 Å². The first-order valence-electron chi connectivity index (χ1n) is 10.0. The molecule has 6 nitrogen and oxygen atoms in total. The summed E-state index contributed by atoms with van der Waals surface area (Å²) in [6.45, 7) is 9.06. The number of rotatable bonds is 9. The minimum Gasteiger partial charge on any atom is -0.485 e. The molecule has 0 aliphatic carbocycles. The summed E-state index contributed by atoms with van der Waals surface area (Å²) >= 11 is 1.39. The van der Waals surface area contributed by atoms with Crippen molar-refractivity contribution in [2.24, 2.45) is 0 Å². The molecule has 0 atom stereocenters. The summed E-state index contributed by atoms with van der Waals surface area (Å²) in [5.41, 5.74) is 3.31. The molecule has 0 radical (unpaired) electrons. The number of hydrogen-bond donors (Lipinski definition) is 1. The number of amides is 1. The van der Waals surface area contributed by atoms with Gasteiger partial charge in [-0.25, -0.2) is 0 Å². The lowest BCUT2D eigenvalue weighted by molar-refractivity contribution is -0.118. The van der Waals surface area contributed by atoms with Crippen molar-refractivity contribution in [2.45, 2.75) is 52.0 Å². The molecule has 1 aromatic heterocycles. The first kappa shape index (κ1) is 21.9. The van der Waals surface area contributed by atoms with E-state index < -0.39 is 0 Å². The van der Waals surface area contributed by atoms with Crippen LogP contribution in [0.2, 0.25) is 0 Å². The Morgan fingerprint density at radius 3 is 2.63 bits per heavy atom. The number of ether oxygens (including phenoxy) is 1. The molecule has 0 unspecified atom stereocenters. The SMILES string of the molecule is Cc1ccc(C)c(OCc2nnc(SCC(=O)NCc3ccccc3)n2C(C)C)c1. The number of hydrogen-bond acceptors (Lipinski definition) is 5. The van der Waals surface area contributed by atoms with E-state index >= 15 is 0 Å². The van der Waals surface area contributed by atoms with Gasteiger partial charge in [0.25, 0.3) is 0 Å². The van der Waals surface area contributed by atoms with Crippen LogP contribution >= 0.6 is 11.8 Å². The average Bonchev–Trinajstić information content (AvgIpc) is 3.15. The highest BCUT2D eigenvalue weighted by Gasteiger charge is 2.17. The van der Waals surface area contributed by atoms with E-state index in [1.165, 1.54) is 11.8 Å². The highest BCUT2D eigenvalue weighted by Crippen LogP contribution is 2.24. The monoisotopic (exact) mass is 424 g/mol. The molecule has 3 rings (SSSR count). The van der Waals surface area contributed by atoms with Gasteiger partial charge in [-0.15, -0.1) is 10.2 Å². The van der Waals surface area contributed by atoms with Gasteiger partial charge < -0.3 is 14.6 Å². The van der Waals surface area contributed by atoms with Crippen molar-refractivity contribution in [1.82, 2.24) is 20.1 Å². The molecule has 3 aromatic rings. The van der Waals surface area contributed by atoms with Gasteiger partial charge in [0, 0.05) is 12.6 Å². The molecule has 1 N–H and O–H groups in total. The first-order chi connectivity index (χ1) is 14.4. The fraction of sp³-hybridized carbons (Fsp3) is 0.348. The van der Waals surface area contributed by atoms with Crippen LogP contribution in [0.1, 0.15) is 42.4 Å². The molecule has 1 amide bonds. The minimum absolute atomic E-state index is 0.0321. The maximum Gasteiger partial charge on any atom is 0.230 e. The zero-order valence-corrected chi connectivity index (χ0v) is 18.7. The van der Waals surface area contributed by atoms with Crippen LogP contribution < -0.4 is 10.1 Å². The minimum atomic E-state index is -0.0321. The number of nitrogens with zero attached hydrogens (tertiary/aromatic N) is 3. The van der Waals surface area contributed by atoms with E-state index in [0.717, 1.165) is 33.4 Å². The zero-order valence-electron chi connectivity index (χ0n) is 17.9. The Kier molecular flexibility index (Phi) is 7.52. The van der Waals surface area contributed by atoms with Crippen LogP contribution in [0.5, 0.6) is 5.75 Å². The summed E-state index contributed by atoms with van der Waals surface area (Å²) in [7, 11) is 0. The molecule has 0 aliphatic rings. The van der Waals surface area contributed by atoms with E-state index in [4.69, 9.17) is 4.74 Å². The lowest BCUT2D eigenvalue weighted by Crippen LogP contribution is -2.24. The Morgan fingerprint density at radius 1 is 1.13 bits per heavy atom. The fourth-order valence-electron chi connectivity index (χ4n) is 3.01. The van der Waals surface area contributed by atoms with E-state index in [0.29, 0.717) is 13.2 Å². The standard InChI is InChI=1S/C23H28N4O2S/c1-16(2)27-21(14-29-20-12-17(3)10-11-18(20)4)25-26-23(27)30-15-22(28)24-13-19-8-6-5-7-9-19/h5-12,16H,13-15H2,1-4H3,(H,24,28). The molecule has 0 aliphatic heterocycles. The molecule has 7 heteroatoms. The van der Waals surface area contributed by atoms with E-state index in [-0.39, 0.29) is 17.7 Å². The van der Waals surface area contributed by atoms with E-state index in [2.05, 4.69) is 35.4 Å². The first-order valence-corrected chi connectivity index (χ1v) is 11.0. The zero-order chi connectivity index (χ0) is 21.5. The lowest BCUT2D eigenvalue weighted by Gasteiger charge is -2.15. The Labute approximate surface area is 182 Å². The molecule has 0 saturated carbocycles. The van der Waals surface area contributed by atoms with Gasteiger partial charge in [0.1, 0.15) is 12.4 Å². The molecule has 0 saturated heterocycles. The summed E-state index contributed by atoms with van der Waals surface area (Å²) in [4.78, 5) is 12.2. The third-order valence-electron chi connectivity index (χ3n) is 4.62. The molecule has 0 fully saturated rings. The van der Waals surface area contributed by atoms with Gasteiger partial charge in [0.05, 0.1) is 5.75 Å². The van der Waals surface area contributed by atoms with Crippen LogP contribution in [0.15, 0.2) is 53.7 Å². The van der Waals surface area contributed by atoms with Crippen molar-refractivity contribution in [3.63, 3.8) is 0 Å². The van der Waals surface area contributed by atoms with Gasteiger partial charge in [-0.2, -0.15) is 0 Å². The predicted octanol–water partition coefficient (Wildman–Crippen LogP) is 4.46. The third-order valence-corrected chi connectivity index (χ3v) is 5.56. The molecule has 2 aromatic carbocycles. The smallest absolute Gasteiger partial charge is 0.230 e. The summed E-state index contributed by atoms with van der Waals surface area (Å²) in [6, 6.07) is 16.2. The van der Waals surface area contributed by atoms with Crippen molar-refractivity contribution in [3.8, 4) is 5.75 Å². The number of aromatic nitrogens is 3. The Hall–Kier alpha value is -2.80. The van der Waals surface area contributed by atoms with Crippen LogP contribution in [0.3, 0.4) is 0 Å². The van der Waals surface area contributed by atoms with Gasteiger partial charge in [-0.3, -0.25) is 4.79 Å². The van der Waals surface area contributed by atoms with Crippen molar-refractivity contribution in [3.05, 3.63) is 71.0 Å². The topological polar surface area (TPSA) is 69.0 Å². The van der Waals surface area contributed by atoms with Crippen molar-refractivity contribution < 1.29 is 9.53 Å². The maximum absolute atomic E-state index is 12.2. The summed E-state index contributed by atoms with van der Waals surface area (Å²) in [6.07, 6.45) is 0. The molecule has 0 spiro atoms. The maximum atomic E-state index is 12.2. The fourth-order valence-corrected chi connectivity index (χ4v) is 3.92. The Bertz CT molecular complexity index is 986. The van der Waals surface area contributed by atoms with Gasteiger partial charge in [0.15, 0.2) is 11.0 Å². The van der Waals surface area contributed by atoms with Crippen LogP contribution in [0, 0.1) is 13.8 Å². The summed E-state index contributed by atoms with van der Waals surface area (Å²) < 4.78 is 8.04. The van der Waals surface area contributed by atoms with Gasteiger partial charge >= 0.3 is 0 Å². The second-order valence-electron chi connectivity index (χ2n) is 7.47. The van der Waals surface area contributed by atoms with Gasteiger partial charge in [-0.1, -0.05) is 54.2 Å². The quantitative estimate of drug-likeness (QED) is 0.514. The van der Waals surface area contributed by atoms with E-state index in [1.54, 1.807) is 0 Å². The van der Waals surface area contributed by atoms with E-state index in [1.807, 2.05) is 60.9 Å². The number of benzene rings is 2. The van der Waals surface area contributed by atoms with Crippen molar-refractivity contribution in [2.75, 3.05) is 5.75 Å². The van der Waals surface area contributed by atoms with Crippen molar-refractivity contribution >= 4 is 17.7 Å². The largest absolute Gasteiger partial charge is 0.485 e. The van der Waals surface area contributed by atoms with Crippen LogP contribution in [-0.2, 0) is 17.9 Å². The predicted molar refractivity (Wildman–Crippen MR) is 120 cm³/mol. The van der Waals surface area contributed by atoms with Crippen LogP contribution in [-0.4, -0.2) is 26.4 Å². The summed E-state index contributed by atoms with van der Waals surface area (Å²) in [5.74, 6) is 1.85. The van der Waals surface area contributed by atoms with Gasteiger partial charge in [-0.05, 0) is 50.5 Å². The lowest BCUT2D eigenvalue weighted by atomic mass is 10.1. The number of carbonyl (C=O) groups is 1. The second-order valence-corrected chi connectivity index (χ2v) is 8.41. The number of thioether (sulfide) groups is 1. The Morgan fingerprint density at radius 2 is 1.90 bits per heavy atom. The number of nitrogens with one attached hydrogen (secondary N) is 1. The number of aryl methyl sites for hydroxylation is 2. The Balaban J connectivity index is 1.59. The molecule has 30 heavy (non-hydrogen) atoms. The molecule has 1 heterocycles. The molecule has 0 bridgehead atoms. The highest BCUT2D eigenvalue weighted by atomic mass is 32.2. The highest BCUT2D eigenvalue weighted by molar-refractivity contribution is 7.99. The normalized spacial score (nSPS) is 11.0. The van der Waals surface area contributed by atoms with Crippen LogP contribution in [0.4, 0.5) is 0 Å². The van der Waals surface area contributed by atoms with Crippen molar-refractivity contribution in [1.29, 1.82) is 0 Å².